The highest BCUT2D eigenvalue weighted by molar-refractivity contribution is 7.92. The van der Waals surface area contributed by atoms with Crippen LogP contribution in [0.25, 0.3) is 0 Å². The molecule has 3 atom stereocenters. The van der Waals surface area contributed by atoms with Crippen molar-refractivity contribution in [3.05, 3.63) is 0 Å². The molecule has 1 saturated heterocycles. The van der Waals surface area contributed by atoms with Crippen molar-refractivity contribution in [3.8, 4) is 0 Å². The number of sulfone groups is 1. The molecule has 0 N–H and O–H groups in total. The Labute approximate surface area is 93.8 Å². The fourth-order valence-electron chi connectivity index (χ4n) is 1.68. The van der Waals surface area contributed by atoms with E-state index < -0.39 is 39.2 Å². The van der Waals surface area contributed by atoms with Crippen LogP contribution >= 0.6 is 0 Å². The van der Waals surface area contributed by atoms with E-state index in [2.05, 4.69) is 0 Å². The van der Waals surface area contributed by atoms with E-state index in [1.165, 1.54) is 6.92 Å². The molecule has 0 aromatic rings. The molecule has 0 bridgehead atoms. The van der Waals surface area contributed by atoms with Crippen molar-refractivity contribution in [2.24, 2.45) is 5.92 Å². The monoisotopic (exact) mass is 250 g/mol. The highest BCUT2D eigenvalue weighted by Gasteiger charge is 2.48. The normalized spacial score (nSPS) is 32.1. The van der Waals surface area contributed by atoms with E-state index in [0.717, 1.165) is 6.92 Å². The second kappa shape index (κ2) is 4.40. The topological polar surface area (TPSA) is 86.7 Å². The van der Waals surface area contributed by atoms with E-state index in [1.54, 1.807) is 6.92 Å². The molecule has 1 fully saturated rings. The zero-order chi connectivity index (χ0) is 12.5. The van der Waals surface area contributed by atoms with Gasteiger partial charge < -0.3 is 9.47 Å². The molecule has 0 spiro atoms. The van der Waals surface area contributed by atoms with Gasteiger partial charge in [-0.3, -0.25) is 9.59 Å². The van der Waals surface area contributed by atoms with Crippen LogP contribution in [0.4, 0.5) is 0 Å². The van der Waals surface area contributed by atoms with Gasteiger partial charge in [0, 0.05) is 19.8 Å². The lowest BCUT2D eigenvalue weighted by molar-refractivity contribution is -0.151. The van der Waals surface area contributed by atoms with Gasteiger partial charge in [0.05, 0.1) is 5.75 Å². The summed E-state index contributed by atoms with van der Waals surface area (Å²) in [6, 6.07) is 0. The maximum Gasteiger partial charge on any atom is 0.303 e. The SMILES string of the molecule is CC(=O)O[C@H]1CS(=O)(=O)[C@@H](OC(C)=O)[C@H]1C. The number of rotatable bonds is 2. The highest BCUT2D eigenvalue weighted by Crippen LogP contribution is 2.30. The van der Waals surface area contributed by atoms with Gasteiger partial charge in [0.2, 0.25) is 5.44 Å². The first-order valence-corrected chi connectivity index (χ1v) is 6.51. The van der Waals surface area contributed by atoms with Crippen molar-refractivity contribution < 1.29 is 27.5 Å². The van der Waals surface area contributed by atoms with Gasteiger partial charge in [0.15, 0.2) is 9.84 Å². The summed E-state index contributed by atoms with van der Waals surface area (Å²) in [6.07, 6.45) is -0.744. The molecule has 1 heterocycles. The Bertz CT molecular complexity index is 398. The summed E-state index contributed by atoms with van der Waals surface area (Å²) in [5.41, 5.74) is -1.21. The minimum absolute atomic E-state index is 0.300. The van der Waals surface area contributed by atoms with Crippen molar-refractivity contribution in [2.45, 2.75) is 32.3 Å². The molecular formula is C9H14O6S. The molecule has 1 rings (SSSR count). The van der Waals surface area contributed by atoms with Crippen LogP contribution in [0.3, 0.4) is 0 Å². The molecule has 16 heavy (non-hydrogen) atoms. The third-order valence-corrected chi connectivity index (χ3v) is 4.39. The predicted molar refractivity (Wildman–Crippen MR) is 54.1 cm³/mol. The summed E-state index contributed by atoms with van der Waals surface area (Å²) < 4.78 is 32.9. The summed E-state index contributed by atoms with van der Waals surface area (Å²) in [7, 11) is -3.55. The summed E-state index contributed by atoms with van der Waals surface area (Å²) in [4.78, 5) is 21.5. The second-order valence-electron chi connectivity index (χ2n) is 3.81. The highest BCUT2D eigenvalue weighted by atomic mass is 32.2. The maximum absolute atomic E-state index is 11.6. The molecule has 0 amide bonds. The molecule has 92 valence electrons. The minimum Gasteiger partial charge on any atom is -0.461 e. The zero-order valence-electron chi connectivity index (χ0n) is 9.30. The molecule has 0 aromatic carbocycles. The smallest absolute Gasteiger partial charge is 0.303 e. The van der Waals surface area contributed by atoms with Gasteiger partial charge in [0.25, 0.3) is 0 Å². The van der Waals surface area contributed by atoms with Crippen molar-refractivity contribution in [3.63, 3.8) is 0 Å². The van der Waals surface area contributed by atoms with Crippen LogP contribution in [-0.4, -0.2) is 37.6 Å². The molecule has 0 aromatic heterocycles. The average molecular weight is 250 g/mol. The van der Waals surface area contributed by atoms with E-state index in [-0.39, 0.29) is 5.75 Å². The van der Waals surface area contributed by atoms with E-state index in [1.807, 2.05) is 0 Å². The predicted octanol–water partition coefficient (Wildman–Crippen LogP) is -0.128. The van der Waals surface area contributed by atoms with Crippen LogP contribution in [0.5, 0.6) is 0 Å². The third kappa shape index (κ3) is 2.72. The Morgan fingerprint density at radius 3 is 2.06 bits per heavy atom. The van der Waals surface area contributed by atoms with Crippen molar-refractivity contribution in [1.82, 2.24) is 0 Å². The van der Waals surface area contributed by atoms with Crippen molar-refractivity contribution >= 4 is 21.8 Å². The molecule has 1 aliphatic rings. The fraction of sp³-hybridized carbons (Fsp3) is 0.778. The first kappa shape index (κ1) is 13.0. The van der Waals surface area contributed by atoms with Crippen LogP contribution in [0.2, 0.25) is 0 Å². The molecule has 6 nitrogen and oxygen atoms in total. The fourth-order valence-corrected chi connectivity index (χ4v) is 3.81. The lowest BCUT2D eigenvalue weighted by Gasteiger charge is -2.17. The number of carbonyl (C=O) groups is 2. The lowest BCUT2D eigenvalue weighted by Crippen LogP contribution is -2.29. The van der Waals surface area contributed by atoms with E-state index in [4.69, 9.17) is 9.47 Å². The number of hydrogen-bond acceptors (Lipinski definition) is 6. The number of hydrogen-bond donors (Lipinski definition) is 0. The number of esters is 2. The van der Waals surface area contributed by atoms with Gasteiger partial charge in [-0.05, 0) is 0 Å². The number of carbonyl (C=O) groups excluding carboxylic acids is 2. The molecule has 0 saturated carbocycles. The van der Waals surface area contributed by atoms with Gasteiger partial charge in [-0.1, -0.05) is 6.92 Å². The van der Waals surface area contributed by atoms with Crippen LogP contribution in [0.15, 0.2) is 0 Å². The van der Waals surface area contributed by atoms with Gasteiger partial charge in [-0.25, -0.2) is 8.42 Å². The third-order valence-electron chi connectivity index (χ3n) is 2.37. The maximum atomic E-state index is 11.6. The summed E-state index contributed by atoms with van der Waals surface area (Å²) in [5, 5.41) is 0. The Hall–Kier alpha value is -1.11. The van der Waals surface area contributed by atoms with Gasteiger partial charge in [0.1, 0.15) is 6.10 Å². The lowest BCUT2D eigenvalue weighted by atomic mass is 10.1. The largest absolute Gasteiger partial charge is 0.461 e. The van der Waals surface area contributed by atoms with Crippen molar-refractivity contribution in [2.75, 3.05) is 5.75 Å². The molecule has 0 unspecified atom stereocenters. The molecule has 1 aliphatic heterocycles. The van der Waals surface area contributed by atoms with Gasteiger partial charge >= 0.3 is 11.9 Å². The van der Waals surface area contributed by atoms with E-state index in [9.17, 15) is 18.0 Å². The molecular weight excluding hydrogens is 236 g/mol. The van der Waals surface area contributed by atoms with Gasteiger partial charge in [-0.2, -0.15) is 0 Å². The molecule has 7 heteroatoms. The first-order valence-electron chi connectivity index (χ1n) is 4.80. The van der Waals surface area contributed by atoms with Crippen LogP contribution in [-0.2, 0) is 28.9 Å². The van der Waals surface area contributed by atoms with E-state index >= 15 is 0 Å². The Morgan fingerprint density at radius 1 is 1.12 bits per heavy atom. The molecule has 0 aliphatic carbocycles. The quantitative estimate of drug-likeness (QED) is 0.634. The Balaban J connectivity index is 2.86. The summed E-state index contributed by atoms with van der Waals surface area (Å²) >= 11 is 0. The second-order valence-corrected chi connectivity index (χ2v) is 5.94. The van der Waals surface area contributed by atoms with Crippen LogP contribution in [0, 0.1) is 5.92 Å². The number of ether oxygens (including phenoxy) is 2. The van der Waals surface area contributed by atoms with Crippen LogP contribution in [0.1, 0.15) is 20.8 Å². The summed E-state index contributed by atoms with van der Waals surface area (Å²) in [6.45, 7) is 3.92. The average Bonchev–Trinajstić information content (AvgIpc) is 2.27. The zero-order valence-corrected chi connectivity index (χ0v) is 10.1. The first-order chi connectivity index (χ1) is 7.24. The van der Waals surface area contributed by atoms with Crippen LogP contribution < -0.4 is 0 Å². The Kier molecular flexibility index (Phi) is 3.57. The molecule has 0 radical (unpaired) electrons. The van der Waals surface area contributed by atoms with E-state index in [0.29, 0.717) is 0 Å². The van der Waals surface area contributed by atoms with Gasteiger partial charge in [-0.15, -0.1) is 0 Å². The standard InChI is InChI=1S/C9H14O6S/c1-5-8(14-6(2)10)4-16(12,13)9(5)15-7(3)11/h5,8-9H,4H2,1-3H3/t5-,8-,9+/m0/s1. The minimum atomic E-state index is -3.55. The Morgan fingerprint density at radius 2 is 1.62 bits per heavy atom. The van der Waals surface area contributed by atoms with Crippen molar-refractivity contribution in [1.29, 1.82) is 0 Å². The summed E-state index contributed by atoms with van der Waals surface area (Å²) in [5.74, 6) is -2.05.